The van der Waals surface area contributed by atoms with Crippen LogP contribution >= 0.6 is 0 Å². The second-order valence-electron chi connectivity index (χ2n) is 12.7. The highest BCUT2D eigenvalue weighted by Crippen LogP contribution is 2.84. The molecular formula is C27H30O11. The molecule has 1 aromatic carbocycles. The minimum absolute atomic E-state index is 0.444. The molecule has 5 unspecified atom stereocenters. The fourth-order valence-electron chi connectivity index (χ4n) is 9.13. The molecule has 204 valence electrons. The van der Waals surface area contributed by atoms with Crippen LogP contribution in [-0.4, -0.2) is 81.2 Å². The molecule has 3 N–H and O–H groups in total. The number of carbonyl (C=O) groups is 3. The molecular weight excluding hydrogens is 500 g/mol. The van der Waals surface area contributed by atoms with E-state index in [1.165, 1.54) is 6.92 Å². The van der Waals surface area contributed by atoms with E-state index in [0.29, 0.717) is 5.75 Å². The molecule has 0 amide bonds. The van der Waals surface area contributed by atoms with Crippen molar-refractivity contribution < 1.29 is 53.4 Å². The molecule has 0 aromatic heterocycles. The highest BCUT2D eigenvalue weighted by Gasteiger charge is 3.05. The third-order valence-corrected chi connectivity index (χ3v) is 10.2. The number of hydrogen-bond donors (Lipinski definition) is 3. The summed E-state index contributed by atoms with van der Waals surface area (Å²) in [6.45, 7) is 8.94. The lowest BCUT2D eigenvalue weighted by Crippen LogP contribution is -2.67. The van der Waals surface area contributed by atoms with Crippen LogP contribution in [0, 0.1) is 35.0 Å². The third-order valence-electron chi connectivity index (χ3n) is 10.2. The number of rotatable bonds is 2. The predicted molar refractivity (Wildman–Crippen MR) is 123 cm³/mol. The van der Waals surface area contributed by atoms with Crippen molar-refractivity contribution in [3.63, 3.8) is 0 Å². The second-order valence-corrected chi connectivity index (χ2v) is 12.7. The molecule has 2 spiro atoms. The van der Waals surface area contributed by atoms with E-state index in [2.05, 4.69) is 0 Å². The molecule has 6 aliphatic rings. The first-order valence-electron chi connectivity index (χ1n) is 12.8. The molecule has 2 saturated carbocycles. The lowest BCUT2D eigenvalue weighted by molar-refractivity contribution is -0.240. The number of hydrogen-bond acceptors (Lipinski definition) is 11. The van der Waals surface area contributed by atoms with Gasteiger partial charge >= 0.3 is 17.9 Å². The van der Waals surface area contributed by atoms with Gasteiger partial charge in [0.15, 0.2) is 23.9 Å². The van der Waals surface area contributed by atoms with Crippen LogP contribution in [0.3, 0.4) is 0 Å². The largest absolute Gasteiger partial charge is 0.486 e. The first kappa shape index (κ1) is 24.3. The van der Waals surface area contributed by atoms with E-state index < -0.39 is 94.0 Å². The zero-order valence-electron chi connectivity index (χ0n) is 21.5. The van der Waals surface area contributed by atoms with Gasteiger partial charge in [-0.25, -0.2) is 9.59 Å². The van der Waals surface area contributed by atoms with Crippen molar-refractivity contribution in [1.29, 1.82) is 0 Å². The van der Waals surface area contributed by atoms with Crippen LogP contribution in [0.25, 0.3) is 0 Å². The number of fused-ring (bicyclic) bond motifs is 1. The summed E-state index contributed by atoms with van der Waals surface area (Å²) in [5.74, 6) is -4.48. The summed E-state index contributed by atoms with van der Waals surface area (Å²) >= 11 is 0. The fraction of sp³-hybridized carbons (Fsp3) is 0.667. The minimum Gasteiger partial charge on any atom is -0.486 e. The van der Waals surface area contributed by atoms with Gasteiger partial charge in [0.1, 0.15) is 18.0 Å². The quantitative estimate of drug-likeness (QED) is 0.349. The van der Waals surface area contributed by atoms with Crippen LogP contribution in [0.5, 0.6) is 5.75 Å². The van der Waals surface area contributed by atoms with Crippen molar-refractivity contribution in [3.05, 3.63) is 29.8 Å². The summed E-state index contributed by atoms with van der Waals surface area (Å²) in [5, 5.41) is 36.0. The minimum atomic E-state index is -2.37. The Morgan fingerprint density at radius 2 is 1.61 bits per heavy atom. The number of carbonyl (C=O) groups excluding carboxylic acids is 3. The van der Waals surface area contributed by atoms with Gasteiger partial charge in [-0.05, 0) is 31.4 Å². The zero-order chi connectivity index (χ0) is 27.4. The Hall–Kier alpha value is -2.73. The van der Waals surface area contributed by atoms with Crippen molar-refractivity contribution in [3.8, 4) is 5.75 Å². The Bertz CT molecular complexity index is 1290. The van der Waals surface area contributed by atoms with E-state index >= 15 is 0 Å². The Morgan fingerprint density at radius 3 is 2.24 bits per heavy atom. The maximum Gasteiger partial charge on any atom is 0.343 e. The van der Waals surface area contributed by atoms with Crippen molar-refractivity contribution in [2.24, 2.45) is 28.1 Å². The Kier molecular flexibility index (Phi) is 4.29. The van der Waals surface area contributed by atoms with Crippen LogP contribution < -0.4 is 4.74 Å². The van der Waals surface area contributed by atoms with Crippen molar-refractivity contribution in [1.82, 2.24) is 0 Å². The molecule has 0 radical (unpaired) electrons. The van der Waals surface area contributed by atoms with E-state index in [9.17, 15) is 29.7 Å². The van der Waals surface area contributed by atoms with Crippen LogP contribution in [0.15, 0.2) is 24.3 Å². The van der Waals surface area contributed by atoms with E-state index in [1.807, 2.05) is 39.8 Å². The van der Waals surface area contributed by atoms with Crippen LogP contribution in [0.4, 0.5) is 0 Å². The summed E-state index contributed by atoms with van der Waals surface area (Å²) < 4.78 is 29.8. The molecule has 4 heterocycles. The fourth-order valence-corrected chi connectivity index (χ4v) is 9.13. The number of ether oxygens (including phenoxy) is 5. The van der Waals surface area contributed by atoms with Crippen molar-refractivity contribution in [2.75, 3.05) is 0 Å². The maximum atomic E-state index is 13.9. The number of aliphatic hydroxyl groups excluding tert-OH is 2. The third kappa shape index (κ3) is 2.07. The molecule has 0 bridgehead atoms. The van der Waals surface area contributed by atoms with Crippen molar-refractivity contribution in [2.45, 2.75) is 82.6 Å². The topological polar surface area (TPSA) is 158 Å². The van der Waals surface area contributed by atoms with Crippen LogP contribution in [0.1, 0.15) is 33.3 Å². The van der Waals surface area contributed by atoms with Crippen molar-refractivity contribution >= 4 is 17.9 Å². The summed E-state index contributed by atoms with van der Waals surface area (Å²) in [7, 11) is 0. The number of esters is 3. The molecule has 11 nitrogen and oxygen atoms in total. The van der Waals surface area contributed by atoms with Crippen LogP contribution in [0.2, 0.25) is 0 Å². The van der Waals surface area contributed by atoms with Gasteiger partial charge in [0.2, 0.25) is 11.9 Å². The van der Waals surface area contributed by atoms with E-state index in [-0.39, 0.29) is 0 Å². The average Bonchev–Trinajstić information content (AvgIpc) is 3.54. The molecule has 4 saturated heterocycles. The van der Waals surface area contributed by atoms with Gasteiger partial charge in [0.25, 0.3) is 0 Å². The Labute approximate surface area is 217 Å². The van der Waals surface area contributed by atoms with E-state index in [1.54, 1.807) is 12.1 Å². The lowest BCUT2D eigenvalue weighted by Gasteiger charge is -2.47. The van der Waals surface area contributed by atoms with E-state index in [4.69, 9.17) is 23.7 Å². The highest BCUT2D eigenvalue weighted by atomic mass is 16.8. The Balaban J connectivity index is 1.54. The van der Waals surface area contributed by atoms with Gasteiger partial charge in [-0.1, -0.05) is 38.5 Å². The summed E-state index contributed by atoms with van der Waals surface area (Å²) in [4.78, 5) is 39.6. The normalized spacial score (nSPS) is 51.7. The summed E-state index contributed by atoms with van der Waals surface area (Å²) in [6.07, 6.45) is -9.00. The number of aliphatic hydroxyl groups is 3. The molecule has 7 rings (SSSR count). The SMILES string of the molecule is Cc1ccc(O[C@@H]2C(C(C)(C)C)C34[C@@H](OC(=O)[C@@H]3O)O[C@]35C(=O)O[C@H]2C43C(O)C2OC(=O)[C@@H](C)[C@@]25O)cc1. The maximum absolute atomic E-state index is 13.9. The monoisotopic (exact) mass is 530 g/mol. The lowest BCUT2D eigenvalue weighted by atomic mass is 9.51. The predicted octanol–water partition coefficient (Wildman–Crippen LogP) is -0.00358. The standard InChI is InChI=1S/C27H30O11/c1-10-6-8-12(9-7-10)34-13-14(23(3,4)5)24-16(29)20(31)37-22(24)38-27-21(32)36-17(13)25(24,27)15(28)18-26(27,33)11(2)19(30)35-18/h6-9,11,13-18,22,28-29,33H,1-5H3/t11-,13-,14?,15?,16+,17-,18?,22+,24?,25?,26-,27-/m1/s1. The Morgan fingerprint density at radius 1 is 0.947 bits per heavy atom. The molecule has 6 fully saturated rings. The molecule has 38 heavy (non-hydrogen) atoms. The summed E-state index contributed by atoms with van der Waals surface area (Å²) in [5.41, 5.74) is -8.22. The van der Waals surface area contributed by atoms with Gasteiger partial charge in [0.05, 0.1) is 16.7 Å². The van der Waals surface area contributed by atoms with E-state index in [0.717, 1.165) is 5.56 Å². The first-order valence-corrected chi connectivity index (χ1v) is 12.8. The van der Waals surface area contributed by atoms with Gasteiger partial charge in [-0.3, -0.25) is 4.79 Å². The molecule has 2 aliphatic carbocycles. The zero-order valence-corrected chi connectivity index (χ0v) is 21.5. The van der Waals surface area contributed by atoms with Gasteiger partial charge in [0, 0.05) is 5.92 Å². The number of aryl methyl sites for hydroxylation is 1. The molecule has 1 aromatic rings. The summed E-state index contributed by atoms with van der Waals surface area (Å²) in [6, 6.07) is 7.20. The molecule has 4 aliphatic heterocycles. The molecule has 12 atom stereocenters. The smallest absolute Gasteiger partial charge is 0.343 e. The van der Waals surface area contributed by atoms with Gasteiger partial charge in [-0.2, -0.15) is 0 Å². The second kappa shape index (κ2) is 6.70. The van der Waals surface area contributed by atoms with Crippen LogP contribution in [-0.2, 0) is 33.3 Å². The van der Waals surface area contributed by atoms with Gasteiger partial charge in [-0.15, -0.1) is 0 Å². The average molecular weight is 531 g/mol. The molecule has 11 heteroatoms. The first-order chi connectivity index (χ1) is 17.7. The van der Waals surface area contributed by atoms with Gasteiger partial charge < -0.3 is 39.0 Å². The number of benzene rings is 1. The highest BCUT2D eigenvalue weighted by molar-refractivity contribution is 5.94.